The lowest BCUT2D eigenvalue weighted by atomic mass is 9.82. The maximum absolute atomic E-state index is 13.0. The van der Waals surface area contributed by atoms with Crippen LogP contribution in [0.1, 0.15) is 55.7 Å². The molecule has 35 heavy (non-hydrogen) atoms. The van der Waals surface area contributed by atoms with Crippen molar-refractivity contribution < 1.29 is 9.53 Å². The number of fused-ring (bicyclic) bond motifs is 1. The highest BCUT2D eigenvalue weighted by molar-refractivity contribution is 6.05. The van der Waals surface area contributed by atoms with Gasteiger partial charge in [0.15, 0.2) is 0 Å². The lowest BCUT2D eigenvalue weighted by Gasteiger charge is -2.23. The van der Waals surface area contributed by atoms with Gasteiger partial charge in [0.25, 0.3) is 5.91 Å². The van der Waals surface area contributed by atoms with Crippen LogP contribution >= 0.6 is 0 Å². The monoisotopic (exact) mass is 469 g/mol. The SMILES string of the molecule is CCn1cc(C(=O)Nc2ccc(Oc3ccc(C(C)(C)CC)cc3)cc2)c(=O)c2ccc(C)nc21. The first-order chi connectivity index (χ1) is 16.7. The normalized spacial score (nSPS) is 11.5. The van der Waals surface area contributed by atoms with Gasteiger partial charge in [0, 0.05) is 24.1 Å². The van der Waals surface area contributed by atoms with Crippen molar-refractivity contribution in [3.63, 3.8) is 0 Å². The van der Waals surface area contributed by atoms with Crippen LogP contribution in [0.15, 0.2) is 71.7 Å². The number of aryl methyl sites for hydroxylation is 2. The average Bonchev–Trinajstić information content (AvgIpc) is 2.85. The zero-order chi connectivity index (χ0) is 25.2. The number of anilines is 1. The highest BCUT2D eigenvalue weighted by Gasteiger charge is 2.18. The van der Waals surface area contributed by atoms with Gasteiger partial charge in [-0.2, -0.15) is 0 Å². The minimum atomic E-state index is -0.456. The van der Waals surface area contributed by atoms with Crippen LogP contribution in [-0.2, 0) is 12.0 Å². The van der Waals surface area contributed by atoms with Crippen LogP contribution < -0.4 is 15.5 Å². The fourth-order valence-electron chi connectivity index (χ4n) is 3.88. The summed E-state index contributed by atoms with van der Waals surface area (Å²) >= 11 is 0. The van der Waals surface area contributed by atoms with Crippen LogP contribution in [0, 0.1) is 6.92 Å². The zero-order valence-electron chi connectivity index (χ0n) is 20.9. The predicted molar refractivity (Wildman–Crippen MR) is 141 cm³/mol. The number of aromatic nitrogens is 2. The number of ether oxygens (including phenoxy) is 1. The van der Waals surface area contributed by atoms with Crippen LogP contribution in [0.4, 0.5) is 5.69 Å². The molecule has 4 rings (SSSR count). The zero-order valence-corrected chi connectivity index (χ0v) is 20.9. The Labute approximate surface area is 205 Å². The summed E-state index contributed by atoms with van der Waals surface area (Å²) in [6.07, 6.45) is 2.63. The average molecular weight is 470 g/mol. The van der Waals surface area contributed by atoms with Crippen molar-refractivity contribution in [1.29, 1.82) is 0 Å². The number of hydrogen-bond acceptors (Lipinski definition) is 4. The molecule has 0 aliphatic heterocycles. The molecular formula is C29H31N3O3. The summed E-state index contributed by atoms with van der Waals surface area (Å²) in [6.45, 7) is 11.1. The molecular weight excluding hydrogens is 438 g/mol. The van der Waals surface area contributed by atoms with Crippen molar-refractivity contribution in [1.82, 2.24) is 9.55 Å². The molecule has 180 valence electrons. The molecule has 0 spiro atoms. The quantitative estimate of drug-likeness (QED) is 0.337. The van der Waals surface area contributed by atoms with Crippen LogP contribution in [0.25, 0.3) is 11.0 Å². The number of amides is 1. The minimum Gasteiger partial charge on any atom is -0.457 e. The van der Waals surface area contributed by atoms with Gasteiger partial charge in [-0.15, -0.1) is 0 Å². The molecule has 0 bridgehead atoms. The van der Waals surface area contributed by atoms with Gasteiger partial charge >= 0.3 is 0 Å². The van der Waals surface area contributed by atoms with Gasteiger partial charge in [-0.1, -0.05) is 32.9 Å². The Balaban J connectivity index is 1.50. The smallest absolute Gasteiger partial charge is 0.261 e. The maximum Gasteiger partial charge on any atom is 0.261 e. The molecule has 0 saturated carbocycles. The molecule has 1 N–H and O–H groups in total. The fourth-order valence-corrected chi connectivity index (χ4v) is 3.88. The molecule has 0 aliphatic rings. The molecule has 0 atom stereocenters. The largest absolute Gasteiger partial charge is 0.457 e. The number of carbonyl (C=O) groups excluding carboxylic acids is 1. The van der Waals surface area contributed by atoms with Crippen molar-refractivity contribution in [2.45, 2.75) is 53.0 Å². The van der Waals surface area contributed by atoms with E-state index in [4.69, 9.17) is 4.74 Å². The third-order valence-electron chi connectivity index (χ3n) is 6.51. The fraction of sp³-hybridized carbons (Fsp3) is 0.276. The van der Waals surface area contributed by atoms with E-state index in [2.05, 4.69) is 43.2 Å². The van der Waals surface area contributed by atoms with E-state index in [9.17, 15) is 9.59 Å². The number of rotatable bonds is 7. The summed E-state index contributed by atoms with van der Waals surface area (Å²) in [7, 11) is 0. The summed E-state index contributed by atoms with van der Waals surface area (Å²) in [5.41, 5.74) is 3.13. The lowest BCUT2D eigenvalue weighted by molar-refractivity contribution is 0.102. The lowest BCUT2D eigenvalue weighted by Crippen LogP contribution is -2.24. The van der Waals surface area contributed by atoms with Crippen molar-refractivity contribution in [2.24, 2.45) is 0 Å². The first kappa shape index (κ1) is 24.2. The highest BCUT2D eigenvalue weighted by atomic mass is 16.5. The predicted octanol–water partition coefficient (Wildman–Crippen LogP) is 6.46. The Morgan fingerprint density at radius 3 is 2.20 bits per heavy atom. The topological polar surface area (TPSA) is 73.2 Å². The van der Waals surface area contributed by atoms with Crippen LogP contribution in [0.2, 0.25) is 0 Å². The van der Waals surface area contributed by atoms with Gasteiger partial charge in [-0.25, -0.2) is 4.98 Å². The van der Waals surface area contributed by atoms with E-state index in [0.29, 0.717) is 29.0 Å². The molecule has 1 amide bonds. The Hall–Kier alpha value is -3.93. The molecule has 0 unspecified atom stereocenters. The van der Waals surface area contributed by atoms with Crippen LogP contribution in [0.5, 0.6) is 11.5 Å². The minimum absolute atomic E-state index is 0.0837. The third kappa shape index (κ3) is 5.11. The third-order valence-corrected chi connectivity index (χ3v) is 6.51. The molecule has 2 aromatic carbocycles. The Morgan fingerprint density at radius 2 is 1.60 bits per heavy atom. The van der Waals surface area contributed by atoms with E-state index >= 15 is 0 Å². The van der Waals surface area contributed by atoms with E-state index in [1.165, 1.54) is 5.56 Å². The number of hydrogen-bond donors (Lipinski definition) is 1. The highest BCUT2D eigenvalue weighted by Crippen LogP contribution is 2.30. The summed E-state index contributed by atoms with van der Waals surface area (Å²) < 4.78 is 7.78. The molecule has 0 saturated heterocycles. The van der Waals surface area contributed by atoms with Gasteiger partial charge in [0.05, 0.1) is 5.39 Å². The van der Waals surface area contributed by atoms with Gasteiger partial charge in [0.1, 0.15) is 22.7 Å². The number of nitrogens with one attached hydrogen (secondary N) is 1. The van der Waals surface area contributed by atoms with Crippen molar-refractivity contribution in [2.75, 3.05) is 5.32 Å². The number of benzene rings is 2. The summed E-state index contributed by atoms with van der Waals surface area (Å²) in [5, 5.41) is 3.25. The van der Waals surface area contributed by atoms with E-state index in [-0.39, 0.29) is 16.4 Å². The number of nitrogens with zero attached hydrogens (tertiary/aromatic N) is 2. The molecule has 2 aromatic heterocycles. The molecule has 2 heterocycles. The summed E-state index contributed by atoms with van der Waals surface area (Å²) in [5.74, 6) is 0.950. The standard InChI is InChI=1S/C29H31N3O3/c1-6-29(4,5)20-9-13-22(14-10-20)35-23-15-11-21(12-16-23)31-28(34)25-18-32(7-2)27-24(26(25)33)17-8-19(3)30-27/h8-18H,6-7H2,1-5H3,(H,31,34). The van der Waals surface area contributed by atoms with Crippen LogP contribution in [0.3, 0.4) is 0 Å². The van der Waals surface area contributed by atoms with Gasteiger partial charge in [-0.3, -0.25) is 9.59 Å². The second-order valence-electron chi connectivity index (χ2n) is 9.32. The molecule has 4 aromatic rings. The maximum atomic E-state index is 13.0. The first-order valence-electron chi connectivity index (χ1n) is 11.9. The van der Waals surface area contributed by atoms with Gasteiger partial charge in [0.2, 0.25) is 5.43 Å². The Morgan fingerprint density at radius 1 is 0.971 bits per heavy atom. The summed E-state index contributed by atoms with van der Waals surface area (Å²) in [4.78, 5) is 30.4. The summed E-state index contributed by atoms with van der Waals surface area (Å²) in [6, 6.07) is 18.7. The van der Waals surface area contributed by atoms with E-state index in [1.54, 1.807) is 42.6 Å². The first-order valence-corrected chi connectivity index (χ1v) is 11.9. The molecule has 6 heteroatoms. The van der Waals surface area contributed by atoms with E-state index in [1.807, 2.05) is 30.5 Å². The van der Waals surface area contributed by atoms with E-state index in [0.717, 1.165) is 17.9 Å². The molecule has 0 fully saturated rings. The Bertz CT molecular complexity index is 1420. The van der Waals surface area contributed by atoms with Crippen molar-refractivity contribution >= 4 is 22.6 Å². The second kappa shape index (κ2) is 9.74. The van der Waals surface area contributed by atoms with Gasteiger partial charge < -0.3 is 14.6 Å². The van der Waals surface area contributed by atoms with Crippen LogP contribution in [-0.4, -0.2) is 15.5 Å². The molecule has 6 nitrogen and oxygen atoms in total. The number of carbonyl (C=O) groups is 1. The second-order valence-corrected chi connectivity index (χ2v) is 9.32. The van der Waals surface area contributed by atoms with Crippen molar-refractivity contribution in [3.05, 3.63) is 93.9 Å². The van der Waals surface area contributed by atoms with Gasteiger partial charge in [-0.05, 0) is 79.8 Å². The van der Waals surface area contributed by atoms with E-state index < -0.39 is 5.91 Å². The number of pyridine rings is 2. The van der Waals surface area contributed by atoms with Crippen molar-refractivity contribution in [3.8, 4) is 11.5 Å². The molecule has 0 aliphatic carbocycles. The molecule has 0 radical (unpaired) electrons. The Kier molecular flexibility index (Phi) is 6.74.